The Morgan fingerprint density at radius 2 is 1.39 bits per heavy atom. The fraction of sp³-hybridized carbons (Fsp3) is 0.129. The maximum Gasteiger partial charge on any atom is 0.343 e. The summed E-state index contributed by atoms with van der Waals surface area (Å²) in [7, 11) is 0. The summed E-state index contributed by atoms with van der Waals surface area (Å²) in [4.78, 5) is 47.2. The van der Waals surface area contributed by atoms with Crippen molar-refractivity contribution in [1.82, 2.24) is 0 Å². The summed E-state index contributed by atoms with van der Waals surface area (Å²) >= 11 is 0. The number of imide groups is 1. The highest BCUT2D eigenvalue weighted by molar-refractivity contribution is 6.24. The number of amides is 2. The third-order valence-corrected chi connectivity index (χ3v) is 6.92. The number of rotatable bonds is 5. The molecule has 2 aliphatic heterocycles. The molecule has 7 heteroatoms. The molecule has 2 heterocycles. The van der Waals surface area contributed by atoms with E-state index < -0.39 is 24.0 Å². The number of hydrogen-bond donors (Lipinski definition) is 0. The highest BCUT2D eigenvalue weighted by Gasteiger charge is 2.60. The number of anilines is 2. The summed E-state index contributed by atoms with van der Waals surface area (Å²) in [6.07, 6.45) is -0.956. The molecule has 2 amide bonds. The lowest BCUT2D eigenvalue weighted by atomic mass is 9.90. The predicted molar refractivity (Wildman–Crippen MR) is 142 cm³/mol. The topological polar surface area (TPSA) is 76.2 Å². The molecule has 0 aliphatic carbocycles. The third kappa shape index (κ3) is 4.03. The van der Waals surface area contributed by atoms with Crippen molar-refractivity contribution in [1.29, 1.82) is 0 Å². The zero-order chi connectivity index (χ0) is 26.2. The van der Waals surface area contributed by atoms with Crippen LogP contribution in [0.5, 0.6) is 5.75 Å². The van der Waals surface area contributed by atoms with Gasteiger partial charge in [-0.25, -0.2) is 14.8 Å². The number of esters is 1. The molecule has 0 bridgehead atoms. The van der Waals surface area contributed by atoms with Crippen molar-refractivity contribution in [3.05, 3.63) is 126 Å². The average molecular weight is 505 g/mol. The van der Waals surface area contributed by atoms with Crippen molar-refractivity contribution >= 4 is 29.2 Å². The molecule has 2 aliphatic rings. The van der Waals surface area contributed by atoms with Gasteiger partial charge in [-0.15, -0.1) is 0 Å². The molecular formula is C31H24N2O5. The Morgan fingerprint density at radius 3 is 2.08 bits per heavy atom. The predicted octanol–water partition coefficient (Wildman–Crippen LogP) is 5.27. The van der Waals surface area contributed by atoms with Crippen LogP contribution in [-0.4, -0.2) is 23.9 Å². The number of benzene rings is 4. The highest BCUT2D eigenvalue weighted by Crippen LogP contribution is 2.48. The lowest BCUT2D eigenvalue weighted by Gasteiger charge is -2.29. The summed E-state index contributed by atoms with van der Waals surface area (Å²) in [5, 5.41) is 1.64. The number of carbonyl (C=O) groups is 3. The Labute approximate surface area is 219 Å². The molecule has 0 aromatic heterocycles. The molecule has 4 aromatic carbocycles. The number of ether oxygens (including phenoxy) is 1. The molecule has 0 saturated carbocycles. The highest BCUT2D eigenvalue weighted by atomic mass is 16.7. The molecule has 0 N–H and O–H groups in total. The van der Waals surface area contributed by atoms with Crippen LogP contribution in [0.4, 0.5) is 11.4 Å². The van der Waals surface area contributed by atoms with E-state index >= 15 is 0 Å². The Bertz CT molecular complexity index is 1500. The molecule has 2 saturated heterocycles. The van der Waals surface area contributed by atoms with Crippen LogP contribution in [0.3, 0.4) is 0 Å². The van der Waals surface area contributed by atoms with Crippen molar-refractivity contribution in [3.8, 4) is 5.75 Å². The second-order valence-electron chi connectivity index (χ2n) is 9.28. The van der Waals surface area contributed by atoms with E-state index in [4.69, 9.17) is 9.57 Å². The summed E-state index contributed by atoms with van der Waals surface area (Å²) in [6, 6.07) is 31.9. The quantitative estimate of drug-likeness (QED) is 0.210. The van der Waals surface area contributed by atoms with Gasteiger partial charge in [0.25, 0.3) is 5.91 Å². The van der Waals surface area contributed by atoms with Crippen LogP contribution in [0.2, 0.25) is 0 Å². The van der Waals surface area contributed by atoms with Crippen LogP contribution >= 0.6 is 0 Å². The third-order valence-electron chi connectivity index (χ3n) is 6.92. The molecule has 188 valence electrons. The van der Waals surface area contributed by atoms with Gasteiger partial charge in [0, 0.05) is 0 Å². The van der Waals surface area contributed by atoms with Gasteiger partial charge in [-0.05, 0) is 60.5 Å². The number of hydroxylamine groups is 1. The summed E-state index contributed by atoms with van der Waals surface area (Å²) in [5.41, 5.74) is 3.33. The van der Waals surface area contributed by atoms with E-state index in [-0.39, 0.29) is 11.8 Å². The molecular weight excluding hydrogens is 480 g/mol. The van der Waals surface area contributed by atoms with Crippen molar-refractivity contribution in [2.75, 3.05) is 9.96 Å². The first-order chi connectivity index (χ1) is 18.5. The Balaban J connectivity index is 1.34. The van der Waals surface area contributed by atoms with Crippen LogP contribution in [0.1, 0.15) is 27.5 Å². The molecule has 4 aromatic rings. The van der Waals surface area contributed by atoms with E-state index in [1.807, 2.05) is 55.5 Å². The van der Waals surface area contributed by atoms with E-state index in [1.165, 1.54) is 4.90 Å². The molecule has 3 atom stereocenters. The minimum Gasteiger partial charge on any atom is -0.423 e. The molecule has 0 spiro atoms. The largest absolute Gasteiger partial charge is 0.423 e. The number of carbonyl (C=O) groups excluding carboxylic acids is 3. The van der Waals surface area contributed by atoms with Gasteiger partial charge in [0.15, 0.2) is 6.10 Å². The zero-order valence-corrected chi connectivity index (χ0v) is 20.6. The van der Waals surface area contributed by atoms with Gasteiger partial charge in [-0.2, -0.15) is 0 Å². The minimum atomic E-state index is -0.956. The number of nitrogens with zero attached hydrogens (tertiary/aromatic N) is 2. The van der Waals surface area contributed by atoms with Crippen molar-refractivity contribution in [3.63, 3.8) is 0 Å². The monoisotopic (exact) mass is 504 g/mol. The number of aryl methyl sites for hydroxylation is 1. The van der Waals surface area contributed by atoms with Crippen LogP contribution in [0.15, 0.2) is 109 Å². The average Bonchev–Trinajstić information content (AvgIpc) is 3.46. The lowest BCUT2D eigenvalue weighted by Crippen LogP contribution is -2.37. The molecule has 2 fully saturated rings. The lowest BCUT2D eigenvalue weighted by molar-refractivity contribution is -0.126. The van der Waals surface area contributed by atoms with Crippen LogP contribution in [0, 0.1) is 12.8 Å². The van der Waals surface area contributed by atoms with E-state index in [0.29, 0.717) is 17.0 Å². The van der Waals surface area contributed by atoms with Crippen LogP contribution < -0.4 is 14.7 Å². The molecule has 38 heavy (non-hydrogen) atoms. The van der Waals surface area contributed by atoms with Gasteiger partial charge < -0.3 is 4.74 Å². The van der Waals surface area contributed by atoms with E-state index in [9.17, 15) is 14.4 Å². The molecule has 7 nitrogen and oxygen atoms in total. The van der Waals surface area contributed by atoms with Crippen LogP contribution in [-0.2, 0) is 14.4 Å². The van der Waals surface area contributed by atoms with Gasteiger partial charge in [0.05, 0.1) is 23.0 Å². The van der Waals surface area contributed by atoms with E-state index in [0.717, 1.165) is 16.8 Å². The summed E-state index contributed by atoms with van der Waals surface area (Å²) < 4.78 is 5.53. The Morgan fingerprint density at radius 1 is 0.763 bits per heavy atom. The molecule has 0 radical (unpaired) electrons. The maximum absolute atomic E-state index is 13.8. The second kappa shape index (κ2) is 9.61. The maximum atomic E-state index is 13.8. The van der Waals surface area contributed by atoms with E-state index in [1.54, 1.807) is 65.7 Å². The zero-order valence-electron chi connectivity index (χ0n) is 20.6. The first-order valence-corrected chi connectivity index (χ1v) is 12.3. The Kier molecular flexibility index (Phi) is 5.98. The van der Waals surface area contributed by atoms with Crippen molar-refractivity contribution < 1.29 is 24.0 Å². The van der Waals surface area contributed by atoms with Gasteiger partial charge >= 0.3 is 5.97 Å². The summed E-state index contributed by atoms with van der Waals surface area (Å²) in [6.45, 7) is 1.87. The number of para-hydroxylation sites is 2. The van der Waals surface area contributed by atoms with Crippen molar-refractivity contribution in [2.45, 2.75) is 19.1 Å². The normalized spacial score (nSPS) is 20.5. The van der Waals surface area contributed by atoms with Crippen LogP contribution in [0.25, 0.3) is 0 Å². The van der Waals surface area contributed by atoms with Gasteiger partial charge in [-0.3, -0.25) is 14.4 Å². The van der Waals surface area contributed by atoms with Gasteiger partial charge in [0.1, 0.15) is 11.7 Å². The molecule has 6 rings (SSSR count). The minimum absolute atomic E-state index is 0.308. The smallest absolute Gasteiger partial charge is 0.343 e. The fourth-order valence-corrected chi connectivity index (χ4v) is 5.08. The standard InChI is InChI=1S/C31H24N2O5/c1-20-10-8-9-15-25(20)32-29(34)26-27(33(38-28(26)30(32)35)23-13-6-3-7-14-23)21-16-18-24(19-17-21)37-31(36)22-11-4-2-5-12-22/h2-19,26-28H,1H3/t26-,27+,28-/m1/s1. The number of fused-ring (bicyclic) bond motifs is 1. The fourth-order valence-electron chi connectivity index (χ4n) is 5.08. The number of hydrogen-bond acceptors (Lipinski definition) is 6. The first-order valence-electron chi connectivity index (χ1n) is 12.3. The first kappa shape index (κ1) is 23.6. The summed E-state index contributed by atoms with van der Waals surface area (Å²) in [5.74, 6) is -1.53. The van der Waals surface area contributed by atoms with Gasteiger partial charge in [0.2, 0.25) is 5.91 Å². The second-order valence-corrected chi connectivity index (χ2v) is 9.28. The Hall–Kier alpha value is -4.75. The van der Waals surface area contributed by atoms with Crippen molar-refractivity contribution in [2.24, 2.45) is 5.92 Å². The SMILES string of the molecule is Cc1ccccc1N1C(=O)[C@H]2[C@@H](ON(c3ccccc3)[C@H]2c2ccc(OC(=O)c3ccccc3)cc2)C1=O. The van der Waals surface area contributed by atoms with Gasteiger partial charge in [-0.1, -0.05) is 66.7 Å². The van der Waals surface area contributed by atoms with E-state index in [2.05, 4.69) is 0 Å². The molecule has 0 unspecified atom stereocenters.